The number of hydrogen-bond donors (Lipinski definition) is 0. The van der Waals surface area contributed by atoms with Crippen LogP contribution in [0.4, 0.5) is 0 Å². The van der Waals surface area contributed by atoms with Gasteiger partial charge < -0.3 is 0 Å². The van der Waals surface area contributed by atoms with Crippen LogP contribution in [-0.2, 0) is 10.0 Å². The largest absolute Gasteiger partial charge is 0.245 e. The minimum absolute atomic E-state index is 0.00958. The molecule has 1 aromatic carbocycles. The van der Waals surface area contributed by atoms with Gasteiger partial charge in [-0.3, -0.25) is 0 Å². The summed E-state index contributed by atoms with van der Waals surface area (Å²) in [5, 5.41) is 18.0. The van der Waals surface area contributed by atoms with Crippen molar-refractivity contribution in [1.29, 1.82) is 10.5 Å². The lowest BCUT2D eigenvalue weighted by molar-refractivity contribution is 0.350. The van der Waals surface area contributed by atoms with E-state index < -0.39 is 10.0 Å². The van der Waals surface area contributed by atoms with E-state index in [2.05, 4.69) is 0 Å². The number of hydrogen-bond acceptors (Lipinski definition) is 4. The Morgan fingerprint density at radius 1 is 1.20 bits per heavy atom. The number of benzene rings is 1. The number of sulfonamides is 1. The molecule has 1 fully saturated rings. The van der Waals surface area contributed by atoms with E-state index in [1.54, 1.807) is 12.1 Å². The molecule has 2 rings (SSSR count). The second kappa shape index (κ2) is 6.04. The highest BCUT2D eigenvalue weighted by Crippen LogP contribution is 2.29. The molecule has 5 nitrogen and oxygen atoms in total. The molecule has 1 aliphatic carbocycles. The molecular formula is C14H15N3O2S. The zero-order valence-electron chi connectivity index (χ0n) is 11.0. The quantitative estimate of drug-likeness (QED) is 0.794. The van der Waals surface area contributed by atoms with E-state index in [-0.39, 0.29) is 23.0 Å². The Kier molecular flexibility index (Phi) is 4.39. The van der Waals surface area contributed by atoms with E-state index in [0.29, 0.717) is 0 Å². The molecule has 0 amide bonds. The first-order valence-corrected chi connectivity index (χ1v) is 7.93. The van der Waals surface area contributed by atoms with Crippen LogP contribution < -0.4 is 0 Å². The summed E-state index contributed by atoms with van der Waals surface area (Å²) in [7, 11) is -3.80. The molecule has 0 radical (unpaired) electrons. The minimum Gasteiger partial charge on any atom is -0.207 e. The topological polar surface area (TPSA) is 85.0 Å². The molecule has 0 heterocycles. The summed E-state index contributed by atoms with van der Waals surface area (Å²) >= 11 is 0. The molecule has 0 aromatic heterocycles. The van der Waals surface area contributed by atoms with Gasteiger partial charge >= 0.3 is 0 Å². The van der Waals surface area contributed by atoms with Gasteiger partial charge in [0.1, 0.15) is 12.6 Å². The van der Waals surface area contributed by atoms with Crippen molar-refractivity contribution in [2.24, 2.45) is 0 Å². The van der Waals surface area contributed by atoms with E-state index in [1.807, 2.05) is 12.1 Å². The fourth-order valence-electron chi connectivity index (χ4n) is 2.58. The Bertz CT molecular complexity index is 664. The smallest absolute Gasteiger partial charge is 0.207 e. The van der Waals surface area contributed by atoms with Gasteiger partial charge in [-0.1, -0.05) is 25.0 Å². The number of rotatable bonds is 4. The lowest BCUT2D eigenvalue weighted by atomic mass is 10.2. The van der Waals surface area contributed by atoms with Crippen molar-refractivity contribution in [1.82, 2.24) is 4.31 Å². The van der Waals surface area contributed by atoms with Crippen molar-refractivity contribution < 1.29 is 8.42 Å². The van der Waals surface area contributed by atoms with Crippen molar-refractivity contribution in [2.45, 2.75) is 36.6 Å². The van der Waals surface area contributed by atoms with Crippen molar-refractivity contribution in [3.63, 3.8) is 0 Å². The van der Waals surface area contributed by atoms with Crippen LogP contribution in [0.25, 0.3) is 0 Å². The molecule has 0 atom stereocenters. The average Bonchev–Trinajstić information content (AvgIpc) is 2.98. The second-order valence-corrected chi connectivity index (χ2v) is 6.61. The van der Waals surface area contributed by atoms with Gasteiger partial charge in [-0.25, -0.2) is 8.42 Å². The zero-order chi connectivity index (χ0) is 14.6. The summed E-state index contributed by atoms with van der Waals surface area (Å²) in [5.74, 6) is 0. The van der Waals surface area contributed by atoms with Crippen LogP contribution in [0.1, 0.15) is 31.2 Å². The molecule has 0 saturated heterocycles. The Morgan fingerprint density at radius 2 is 1.85 bits per heavy atom. The lowest BCUT2D eigenvalue weighted by Crippen LogP contribution is -2.39. The van der Waals surface area contributed by atoms with Gasteiger partial charge in [-0.15, -0.1) is 0 Å². The number of nitrogens with zero attached hydrogens (tertiary/aromatic N) is 3. The zero-order valence-corrected chi connectivity index (χ0v) is 11.8. The molecule has 1 aliphatic rings. The summed E-state index contributed by atoms with van der Waals surface area (Å²) in [4.78, 5) is -0.00958. The minimum atomic E-state index is -3.80. The molecule has 20 heavy (non-hydrogen) atoms. The van der Waals surface area contributed by atoms with E-state index >= 15 is 0 Å². The van der Waals surface area contributed by atoms with Crippen molar-refractivity contribution in [3.8, 4) is 12.1 Å². The predicted octanol–water partition coefficient (Wildman–Crippen LogP) is 2.02. The van der Waals surface area contributed by atoms with E-state index in [9.17, 15) is 8.42 Å². The van der Waals surface area contributed by atoms with Crippen molar-refractivity contribution in [3.05, 3.63) is 29.8 Å². The van der Waals surface area contributed by atoms with Gasteiger partial charge in [-0.05, 0) is 25.0 Å². The van der Waals surface area contributed by atoms with Crippen molar-refractivity contribution in [2.75, 3.05) is 6.54 Å². The highest BCUT2D eigenvalue weighted by atomic mass is 32.2. The van der Waals surface area contributed by atoms with E-state index in [1.165, 1.54) is 16.4 Å². The van der Waals surface area contributed by atoms with Gasteiger partial charge in [0.15, 0.2) is 0 Å². The van der Waals surface area contributed by atoms with E-state index in [0.717, 1.165) is 25.7 Å². The molecule has 0 N–H and O–H groups in total. The molecule has 1 saturated carbocycles. The van der Waals surface area contributed by atoms with Crippen LogP contribution >= 0.6 is 0 Å². The monoisotopic (exact) mass is 289 g/mol. The summed E-state index contributed by atoms with van der Waals surface area (Å²) < 4.78 is 26.7. The SMILES string of the molecule is N#CCN(C1CCCC1)S(=O)(=O)c1ccccc1C#N. The third-order valence-electron chi connectivity index (χ3n) is 3.55. The normalized spacial score (nSPS) is 15.9. The van der Waals surface area contributed by atoms with Crippen molar-refractivity contribution >= 4 is 10.0 Å². The lowest BCUT2D eigenvalue weighted by Gasteiger charge is -2.25. The fourth-order valence-corrected chi connectivity index (χ4v) is 4.31. The molecule has 0 aliphatic heterocycles. The van der Waals surface area contributed by atoms with Gasteiger partial charge in [0, 0.05) is 6.04 Å². The maximum absolute atomic E-state index is 12.7. The van der Waals surface area contributed by atoms with Crippen LogP contribution in [0.2, 0.25) is 0 Å². The van der Waals surface area contributed by atoms with Crippen LogP contribution in [0.5, 0.6) is 0 Å². The highest BCUT2D eigenvalue weighted by molar-refractivity contribution is 7.89. The summed E-state index contributed by atoms with van der Waals surface area (Å²) in [5.41, 5.74) is 0.119. The Labute approximate surface area is 119 Å². The third kappa shape index (κ3) is 2.67. The highest BCUT2D eigenvalue weighted by Gasteiger charge is 2.34. The molecule has 0 unspecified atom stereocenters. The van der Waals surface area contributed by atoms with Crippen LogP contribution in [0.3, 0.4) is 0 Å². The Balaban J connectivity index is 2.46. The standard InChI is InChI=1S/C14H15N3O2S/c15-9-10-17(13-6-2-3-7-13)20(18,19)14-8-4-1-5-12(14)11-16/h1,4-5,8,13H,2-3,6-7,10H2. The van der Waals surface area contributed by atoms with E-state index in [4.69, 9.17) is 10.5 Å². The fraction of sp³-hybridized carbons (Fsp3) is 0.429. The van der Waals surface area contributed by atoms with Crippen LogP contribution in [-0.4, -0.2) is 25.3 Å². The van der Waals surface area contributed by atoms with Gasteiger partial charge in [0.2, 0.25) is 10.0 Å². The van der Waals surface area contributed by atoms with Crippen LogP contribution in [0.15, 0.2) is 29.2 Å². The summed E-state index contributed by atoms with van der Waals surface area (Å²) in [6.45, 7) is -0.174. The van der Waals surface area contributed by atoms with Crippen LogP contribution in [0, 0.1) is 22.7 Å². The Morgan fingerprint density at radius 3 is 2.45 bits per heavy atom. The number of nitriles is 2. The summed E-state index contributed by atoms with van der Waals surface area (Å²) in [6.07, 6.45) is 3.50. The maximum Gasteiger partial charge on any atom is 0.245 e. The average molecular weight is 289 g/mol. The van der Waals surface area contributed by atoms with Gasteiger partial charge in [0.05, 0.1) is 16.5 Å². The molecule has 104 valence electrons. The summed E-state index contributed by atoms with van der Waals surface area (Å²) in [6, 6.07) is 9.81. The first-order chi connectivity index (χ1) is 9.61. The maximum atomic E-state index is 12.7. The first kappa shape index (κ1) is 14.5. The predicted molar refractivity (Wildman–Crippen MR) is 72.9 cm³/mol. The Hall–Kier alpha value is -1.89. The second-order valence-electron chi connectivity index (χ2n) is 4.75. The molecule has 0 bridgehead atoms. The molecule has 1 aromatic rings. The first-order valence-electron chi connectivity index (χ1n) is 6.49. The molecule has 0 spiro atoms. The third-order valence-corrected chi connectivity index (χ3v) is 5.51. The molecular weight excluding hydrogens is 274 g/mol. The molecule has 6 heteroatoms. The van der Waals surface area contributed by atoms with Gasteiger partial charge in [0.25, 0.3) is 0 Å². The van der Waals surface area contributed by atoms with Gasteiger partial charge in [-0.2, -0.15) is 14.8 Å².